The lowest BCUT2D eigenvalue weighted by molar-refractivity contribution is 0.415. The topological polar surface area (TPSA) is 12.5 Å². The summed E-state index contributed by atoms with van der Waals surface area (Å²) < 4.78 is 19.9. The molecule has 1 fully saturated rings. The first-order valence-electron chi connectivity index (χ1n) is 8.55. The highest BCUT2D eigenvalue weighted by molar-refractivity contribution is 5.50. The van der Waals surface area contributed by atoms with E-state index in [4.69, 9.17) is 4.74 Å². The molecule has 0 aromatic heterocycles. The van der Waals surface area contributed by atoms with Crippen molar-refractivity contribution in [1.29, 1.82) is 0 Å². The Morgan fingerprint density at radius 1 is 1.00 bits per heavy atom. The summed E-state index contributed by atoms with van der Waals surface area (Å²) in [4.78, 5) is 2.09. The fourth-order valence-corrected chi connectivity index (χ4v) is 3.19. The van der Waals surface area contributed by atoms with Crippen molar-refractivity contribution in [1.82, 2.24) is 0 Å². The van der Waals surface area contributed by atoms with Gasteiger partial charge in [0.25, 0.3) is 0 Å². The SMILES string of the molecule is COc1ccc(N(CC(F)=C2CCCC2)Cc2ccccc2)cc1. The van der Waals surface area contributed by atoms with Crippen LogP contribution in [0.4, 0.5) is 10.1 Å². The Hall–Kier alpha value is -2.29. The molecule has 2 aromatic rings. The Balaban J connectivity index is 1.83. The molecular weight excluding hydrogens is 301 g/mol. The summed E-state index contributed by atoms with van der Waals surface area (Å²) in [6.45, 7) is 1.02. The number of ether oxygens (including phenoxy) is 1. The predicted octanol–water partition coefficient (Wildman–Crippen LogP) is 5.50. The smallest absolute Gasteiger partial charge is 0.119 e. The van der Waals surface area contributed by atoms with Gasteiger partial charge in [-0.05, 0) is 61.1 Å². The van der Waals surface area contributed by atoms with Crippen LogP contribution in [-0.4, -0.2) is 13.7 Å². The van der Waals surface area contributed by atoms with Crippen molar-refractivity contribution in [3.8, 4) is 5.75 Å². The average Bonchev–Trinajstić information content (AvgIpc) is 3.17. The second-order valence-electron chi connectivity index (χ2n) is 6.26. The minimum atomic E-state index is 0.0410. The zero-order valence-electron chi connectivity index (χ0n) is 14.2. The zero-order valence-corrected chi connectivity index (χ0v) is 14.2. The molecule has 0 N–H and O–H groups in total. The van der Waals surface area contributed by atoms with Gasteiger partial charge in [0.1, 0.15) is 11.6 Å². The molecule has 0 unspecified atom stereocenters. The van der Waals surface area contributed by atoms with Gasteiger partial charge in [-0.1, -0.05) is 30.3 Å². The average molecular weight is 325 g/mol. The van der Waals surface area contributed by atoms with Gasteiger partial charge in [0, 0.05) is 12.2 Å². The first-order chi connectivity index (χ1) is 11.8. The normalized spacial score (nSPS) is 13.8. The number of methoxy groups -OCH3 is 1. The first kappa shape index (κ1) is 16.6. The van der Waals surface area contributed by atoms with Crippen molar-refractivity contribution in [2.75, 3.05) is 18.6 Å². The number of allylic oxidation sites excluding steroid dienone is 1. The highest BCUT2D eigenvalue weighted by atomic mass is 19.1. The van der Waals surface area contributed by atoms with Crippen LogP contribution in [0.2, 0.25) is 0 Å². The van der Waals surface area contributed by atoms with Gasteiger partial charge < -0.3 is 9.64 Å². The zero-order chi connectivity index (χ0) is 16.8. The molecule has 0 saturated heterocycles. The largest absolute Gasteiger partial charge is 0.497 e. The molecule has 24 heavy (non-hydrogen) atoms. The standard InChI is InChI=1S/C21H24FNO/c1-24-20-13-11-19(12-14-20)23(15-17-7-3-2-4-8-17)16-21(22)18-9-5-6-10-18/h2-4,7-8,11-14H,5-6,9-10,15-16H2,1H3. The molecule has 2 aromatic carbocycles. The number of nitrogens with zero attached hydrogens (tertiary/aromatic N) is 1. The minimum absolute atomic E-state index is 0.0410. The molecule has 126 valence electrons. The summed E-state index contributed by atoms with van der Waals surface area (Å²) >= 11 is 0. The van der Waals surface area contributed by atoms with Gasteiger partial charge in [-0.25, -0.2) is 4.39 Å². The third-order valence-corrected chi connectivity index (χ3v) is 4.57. The van der Waals surface area contributed by atoms with Crippen LogP contribution in [0, 0.1) is 0 Å². The molecule has 2 nitrogen and oxygen atoms in total. The van der Waals surface area contributed by atoms with Gasteiger partial charge in [-0.2, -0.15) is 0 Å². The number of hydrogen-bond donors (Lipinski definition) is 0. The Kier molecular flexibility index (Phi) is 5.52. The van der Waals surface area contributed by atoms with Crippen molar-refractivity contribution in [2.24, 2.45) is 0 Å². The van der Waals surface area contributed by atoms with E-state index in [1.165, 1.54) is 5.56 Å². The number of hydrogen-bond acceptors (Lipinski definition) is 2. The summed E-state index contributed by atoms with van der Waals surface area (Å²) in [5.74, 6) is 0.854. The van der Waals surface area contributed by atoms with Gasteiger partial charge in [0.15, 0.2) is 0 Å². The summed E-state index contributed by atoms with van der Waals surface area (Å²) in [5, 5.41) is 0. The van der Waals surface area contributed by atoms with Gasteiger partial charge in [-0.3, -0.25) is 0 Å². The number of anilines is 1. The van der Waals surface area contributed by atoms with Crippen molar-refractivity contribution < 1.29 is 9.13 Å². The van der Waals surface area contributed by atoms with Crippen LogP contribution in [0.1, 0.15) is 31.2 Å². The van der Waals surface area contributed by atoms with Crippen LogP contribution >= 0.6 is 0 Å². The molecule has 1 saturated carbocycles. The molecule has 3 rings (SSSR count). The van der Waals surface area contributed by atoms with E-state index in [0.717, 1.165) is 42.7 Å². The Labute approximate surface area is 143 Å². The van der Waals surface area contributed by atoms with Crippen molar-refractivity contribution in [2.45, 2.75) is 32.2 Å². The van der Waals surface area contributed by atoms with Crippen LogP contribution in [0.3, 0.4) is 0 Å². The molecule has 0 amide bonds. The molecule has 0 bridgehead atoms. The lowest BCUT2D eigenvalue weighted by atomic mass is 10.1. The van der Waals surface area contributed by atoms with Crippen LogP contribution in [-0.2, 0) is 6.54 Å². The lowest BCUT2D eigenvalue weighted by Gasteiger charge is -2.25. The molecule has 3 heteroatoms. The Morgan fingerprint density at radius 3 is 2.29 bits per heavy atom. The highest BCUT2D eigenvalue weighted by Gasteiger charge is 2.16. The third kappa shape index (κ3) is 4.16. The van der Waals surface area contributed by atoms with Crippen molar-refractivity contribution in [3.63, 3.8) is 0 Å². The molecule has 0 heterocycles. The molecule has 0 radical (unpaired) electrons. The Morgan fingerprint density at radius 2 is 1.67 bits per heavy atom. The fraction of sp³-hybridized carbons (Fsp3) is 0.333. The van der Waals surface area contributed by atoms with Crippen LogP contribution in [0.5, 0.6) is 5.75 Å². The van der Waals surface area contributed by atoms with E-state index in [1.807, 2.05) is 42.5 Å². The van der Waals surface area contributed by atoms with E-state index in [2.05, 4.69) is 17.0 Å². The van der Waals surface area contributed by atoms with Crippen molar-refractivity contribution >= 4 is 5.69 Å². The summed E-state index contributed by atoms with van der Waals surface area (Å²) in [7, 11) is 1.65. The molecule has 0 aliphatic heterocycles. The summed E-state index contributed by atoms with van der Waals surface area (Å²) in [6, 6.07) is 18.0. The second kappa shape index (κ2) is 8.00. The van der Waals surface area contributed by atoms with Crippen LogP contribution < -0.4 is 9.64 Å². The third-order valence-electron chi connectivity index (χ3n) is 4.57. The molecule has 1 aliphatic carbocycles. The maximum atomic E-state index is 14.7. The summed E-state index contributed by atoms with van der Waals surface area (Å²) in [6.07, 6.45) is 4.05. The maximum Gasteiger partial charge on any atom is 0.119 e. The van der Waals surface area contributed by atoms with Gasteiger partial charge >= 0.3 is 0 Å². The van der Waals surface area contributed by atoms with Crippen LogP contribution in [0.15, 0.2) is 66.0 Å². The van der Waals surface area contributed by atoms with E-state index in [1.54, 1.807) is 7.11 Å². The van der Waals surface area contributed by atoms with Gasteiger partial charge in [-0.15, -0.1) is 0 Å². The van der Waals surface area contributed by atoms with E-state index < -0.39 is 0 Å². The molecular formula is C21H24FNO. The molecule has 0 atom stereocenters. The lowest BCUT2D eigenvalue weighted by Crippen LogP contribution is -2.24. The molecule has 1 aliphatic rings. The maximum absolute atomic E-state index is 14.7. The van der Waals surface area contributed by atoms with E-state index in [0.29, 0.717) is 13.1 Å². The predicted molar refractivity (Wildman–Crippen MR) is 97.1 cm³/mol. The van der Waals surface area contributed by atoms with E-state index >= 15 is 0 Å². The monoisotopic (exact) mass is 325 g/mol. The Bertz CT molecular complexity index is 671. The highest BCUT2D eigenvalue weighted by Crippen LogP contribution is 2.29. The second-order valence-corrected chi connectivity index (χ2v) is 6.26. The van der Waals surface area contributed by atoms with E-state index in [9.17, 15) is 4.39 Å². The first-order valence-corrected chi connectivity index (χ1v) is 8.55. The number of rotatable bonds is 6. The fourth-order valence-electron chi connectivity index (χ4n) is 3.19. The number of halogens is 1. The van der Waals surface area contributed by atoms with Crippen molar-refractivity contribution in [3.05, 3.63) is 71.6 Å². The summed E-state index contributed by atoms with van der Waals surface area (Å²) in [5.41, 5.74) is 3.19. The van der Waals surface area contributed by atoms with E-state index in [-0.39, 0.29) is 5.83 Å². The van der Waals surface area contributed by atoms with Gasteiger partial charge in [0.2, 0.25) is 0 Å². The van der Waals surface area contributed by atoms with Gasteiger partial charge in [0.05, 0.1) is 13.7 Å². The number of benzene rings is 2. The quantitative estimate of drug-likeness (QED) is 0.695. The molecule has 0 spiro atoms. The van der Waals surface area contributed by atoms with Crippen LogP contribution in [0.25, 0.3) is 0 Å². The minimum Gasteiger partial charge on any atom is -0.497 e.